The molecule has 0 saturated carbocycles. The van der Waals surface area contributed by atoms with E-state index in [-0.39, 0.29) is 23.9 Å². The zero-order valence-electron chi connectivity index (χ0n) is 14.0. The molecule has 0 radical (unpaired) electrons. The third-order valence-electron chi connectivity index (χ3n) is 4.16. The molecule has 0 saturated heterocycles. The first kappa shape index (κ1) is 19.0. The largest absolute Gasteiger partial charge is 0.320 e. The minimum atomic E-state index is -0.453. The van der Waals surface area contributed by atoms with Gasteiger partial charge in [-0.1, -0.05) is 35.9 Å². The van der Waals surface area contributed by atoms with Crippen LogP contribution in [0.2, 0.25) is 5.02 Å². The number of allylic oxidation sites excluding steroid dienone is 1. The molecule has 0 aromatic heterocycles. The molecule has 136 valence electrons. The molecule has 1 amide bonds. The second-order valence-electron chi connectivity index (χ2n) is 5.92. The Morgan fingerprint density at radius 3 is 2.48 bits per heavy atom. The molecule has 1 atom stereocenters. The minimum Gasteiger partial charge on any atom is -0.320 e. The number of nitrogens with zero attached hydrogens (tertiary/aromatic N) is 2. The second kappa shape index (κ2) is 8.25. The number of nitrogens with one attached hydrogen (secondary N) is 1. The number of hydrogen-bond acceptors (Lipinski definition) is 5. The number of carbonyl (C=O) groups excluding carboxylic acids is 1. The molecule has 0 bridgehead atoms. The maximum Gasteiger partial charge on any atom is 0.269 e. The normalized spacial score (nSPS) is 16.6. The Hall–Kier alpha value is -2.82. The van der Waals surface area contributed by atoms with Crippen LogP contribution in [0.15, 0.2) is 59.1 Å². The number of nitro benzene ring substituents is 1. The number of nitriles is 1. The highest BCUT2D eigenvalue weighted by atomic mass is 35.5. The van der Waals surface area contributed by atoms with Gasteiger partial charge in [-0.05, 0) is 23.3 Å². The molecule has 27 heavy (non-hydrogen) atoms. The monoisotopic (exact) mass is 399 g/mol. The lowest BCUT2D eigenvalue weighted by Crippen LogP contribution is -2.30. The fourth-order valence-electron chi connectivity index (χ4n) is 2.78. The van der Waals surface area contributed by atoms with Gasteiger partial charge < -0.3 is 5.32 Å². The molecule has 1 aliphatic rings. The molecule has 0 unspecified atom stereocenters. The standard InChI is InChI=1S/C19H14ClN3O3S/c20-14-5-3-13(4-6-14)16-9-18(24)22-19(17(16)10-21)27-11-12-1-7-15(8-2-12)23(25)26/h1-8,16H,9,11H2,(H,22,24)/t16-/m1/s1. The molecule has 0 aliphatic carbocycles. The Labute approximate surface area is 165 Å². The molecule has 3 rings (SSSR count). The van der Waals surface area contributed by atoms with Crippen molar-refractivity contribution in [2.24, 2.45) is 0 Å². The number of nitro groups is 1. The van der Waals surface area contributed by atoms with Gasteiger partial charge in [0.05, 0.1) is 21.6 Å². The second-order valence-corrected chi connectivity index (χ2v) is 7.35. The van der Waals surface area contributed by atoms with Crippen molar-refractivity contribution >= 4 is 35.0 Å². The summed E-state index contributed by atoms with van der Waals surface area (Å²) in [5.41, 5.74) is 2.25. The zero-order chi connectivity index (χ0) is 19.4. The summed E-state index contributed by atoms with van der Waals surface area (Å²) in [7, 11) is 0. The molecule has 8 heteroatoms. The van der Waals surface area contributed by atoms with Gasteiger partial charge in [-0.15, -0.1) is 11.8 Å². The van der Waals surface area contributed by atoms with Crippen LogP contribution in [0.25, 0.3) is 0 Å². The SMILES string of the molecule is N#CC1=C(SCc2ccc([N+](=O)[O-])cc2)NC(=O)C[C@@H]1c1ccc(Cl)cc1. The highest BCUT2D eigenvalue weighted by Crippen LogP contribution is 2.37. The summed E-state index contributed by atoms with van der Waals surface area (Å²) in [6, 6.07) is 15.5. The molecule has 1 N–H and O–H groups in total. The summed E-state index contributed by atoms with van der Waals surface area (Å²) in [4.78, 5) is 22.4. The molecule has 1 aliphatic heterocycles. The summed E-state index contributed by atoms with van der Waals surface area (Å²) >= 11 is 7.26. The van der Waals surface area contributed by atoms with E-state index in [4.69, 9.17) is 11.6 Å². The number of carbonyl (C=O) groups is 1. The predicted molar refractivity (Wildman–Crippen MR) is 104 cm³/mol. The van der Waals surface area contributed by atoms with E-state index in [0.29, 0.717) is 21.4 Å². The average Bonchev–Trinajstić information content (AvgIpc) is 2.66. The Morgan fingerprint density at radius 2 is 1.89 bits per heavy atom. The van der Waals surface area contributed by atoms with E-state index in [0.717, 1.165) is 11.1 Å². The summed E-state index contributed by atoms with van der Waals surface area (Å²) in [5.74, 6) is 0.00656. The first-order valence-electron chi connectivity index (χ1n) is 8.03. The van der Waals surface area contributed by atoms with E-state index in [2.05, 4.69) is 11.4 Å². The fraction of sp³-hybridized carbons (Fsp3) is 0.158. The summed E-state index contributed by atoms with van der Waals surface area (Å²) < 4.78 is 0. The van der Waals surface area contributed by atoms with Crippen molar-refractivity contribution in [1.82, 2.24) is 5.32 Å². The molecule has 1 heterocycles. The zero-order valence-corrected chi connectivity index (χ0v) is 15.6. The van der Waals surface area contributed by atoms with Gasteiger partial charge in [-0.3, -0.25) is 14.9 Å². The minimum absolute atomic E-state index is 0.0226. The molecule has 0 fully saturated rings. The van der Waals surface area contributed by atoms with Gasteiger partial charge in [-0.25, -0.2) is 0 Å². The fourth-order valence-corrected chi connectivity index (χ4v) is 3.94. The number of rotatable bonds is 5. The summed E-state index contributed by atoms with van der Waals surface area (Å²) in [6.45, 7) is 0. The van der Waals surface area contributed by atoms with Gasteiger partial charge in [0.1, 0.15) is 0 Å². The Kier molecular flexibility index (Phi) is 5.79. The van der Waals surface area contributed by atoms with Crippen molar-refractivity contribution in [2.75, 3.05) is 0 Å². The van der Waals surface area contributed by atoms with Gasteiger partial charge in [0.2, 0.25) is 5.91 Å². The van der Waals surface area contributed by atoms with Crippen LogP contribution in [0, 0.1) is 21.4 Å². The lowest BCUT2D eigenvalue weighted by atomic mass is 9.87. The smallest absolute Gasteiger partial charge is 0.269 e. The third-order valence-corrected chi connectivity index (χ3v) is 5.50. The van der Waals surface area contributed by atoms with Crippen LogP contribution in [0.5, 0.6) is 0 Å². The molecule has 2 aromatic carbocycles. The maximum absolute atomic E-state index is 12.1. The first-order chi connectivity index (χ1) is 13.0. The lowest BCUT2D eigenvalue weighted by molar-refractivity contribution is -0.384. The van der Waals surface area contributed by atoms with Crippen molar-refractivity contribution in [3.63, 3.8) is 0 Å². The van der Waals surface area contributed by atoms with E-state index in [1.807, 2.05) is 12.1 Å². The topological polar surface area (TPSA) is 96.0 Å². The van der Waals surface area contributed by atoms with Crippen LogP contribution in [0.1, 0.15) is 23.5 Å². The van der Waals surface area contributed by atoms with Crippen molar-refractivity contribution < 1.29 is 9.72 Å². The number of hydrogen-bond donors (Lipinski definition) is 1. The van der Waals surface area contributed by atoms with Crippen LogP contribution < -0.4 is 5.32 Å². The van der Waals surface area contributed by atoms with Crippen LogP contribution in [-0.4, -0.2) is 10.8 Å². The number of non-ortho nitro benzene ring substituents is 1. The van der Waals surface area contributed by atoms with Crippen molar-refractivity contribution in [3.05, 3.63) is 85.4 Å². The van der Waals surface area contributed by atoms with Gasteiger partial charge in [0.15, 0.2) is 0 Å². The number of halogens is 1. The van der Waals surface area contributed by atoms with Crippen LogP contribution in [-0.2, 0) is 10.5 Å². The molecule has 0 spiro atoms. The van der Waals surface area contributed by atoms with E-state index < -0.39 is 4.92 Å². The highest BCUT2D eigenvalue weighted by molar-refractivity contribution is 8.02. The lowest BCUT2D eigenvalue weighted by Gasteiger charge is -2.25. The molecular weight excluding hydrogens is 386 g/mol. The Morgan fingerprint density at radius 1 is 1.22 bits per heavy atom. The Bertz CT molecular complexity index is 950. The van der Waals surface area contributed by atoms with E-state index in [1.165, 1.54) is 23.9 Å². The van der Waals surface area contributed by atoms with Gasteiger partial charge in [-0.2, -0.15) is 5.26 Å². The van der Waals surface area contributed by atoms with Gasteiger partial charge >= 0.3 is 0 Å². The summed E-state index contributed by atoms with van der Waals surface area (Å²) in [6.07, 6.45) is 0.201. The van der Waals surface area contributed by atoms with E-state index >= 15 is 0 Å². The molecule has 6 nitrogen and oxygen atoms in total. The Balaban J connectivity index is 1.82. The molecule has 2 aromatic rings. The van der Waals surface area contributed by atoms with E-state index in [9.17, 15) is 20.2 Å². The number of thioether (sulfide) groups is 1. The van der Waals surface area contributed by atoms with Gasteiger partial charge in [0, 0.05) is 35.2 Å². The quantitative estimate of drug-likeness (QED) is 0.589. The highest BCUT2D eigenvalue weighted by Gasteiger charge is 2.29. The van der Waals surface area contributed by atoms with Crippen molar-refractivity contribution in [2.45, 2.75) is 18.1 Å². The predicted octanol–water partition coefficient (Wildman–Crippen LogP) is 4.52. The number of benzene rings is 2. The molecular formula is C19H14ClN3O3S. The summed E-state index contributed by atoms with van der Waals surface area (Å²) in [5, 5.41) is 24.3. The van der Waals surface area contributed by atoms with E-state index in [1.54, 1.807) is 24.3 Å². The average molecular weight is 400 g/mol. The first-order valence-corrected chi connectivity index (χ1v) is 9.40. The van der Waals surface area contributed by atoms with Crippen LogP contribution in [0.4, 0.5) is 5.69 Å². The van der Waals surface area contributed by atoms with Crippen LogP contribution >= 0.6 is 23.4 Å². The van der Waals surface area contributed by atoms with Crippen molar-refractivity contribution in [1.29, 1.82) is 5.26 Å². The third kappa shape index (κ3) is 4.48. The number of amides is 1. The van der Waals surface area contributed by atoms with Crippen molar-refractivity contribution in [3.8, 4) is 6.07 Å². The maximum atomic E-state index is 12.1. The van der Waals surface area contributed by atoms with Gasteiger partial charge in [0.25, 0.3) is 5.69 Å². The van der Waals surface area contributed by atoms with Crippen LogP contribution in [0.3, 0.4) is 0 Å².